The molecule has 104 valence electrons. The summed E-state index contributed by atoms with van der Waals surface area (Å²) in [6.45, 7) is 0.456. The van der Waals surface area contributed by atoms with E-state index in [2.05, 4.69) is 0 Å². The van der Waals surface area contributed by atoms with Crippen molar-refractivity contribution in [3.8, 4) is 5.75 Å². The summed E-state index contributed by atoms with van der Waals surface area (Å²) in [5.41, 5.74) is 1.31. The van der Waals surface area contributed by atoms with E-state index in [0.29, 0.717) is 17.9 Å². The highest BCUT2D eigenvalue weighted by molar-refractivity contribution is 5.77. The number of rotatable bonds is 4. The molecule has 0 bridgehead atoms. The Morgan fingerprint density at radius 3 is 2.67 bits per heavy atom. The molecule has 21 heavy (non-hydrogen) atoms. The molecule has 1 aromatic heterocycles. The minimum Gasteiger partial charge on any atom is -0.489 e. The van der Waals surface area contributed by atoms with Crippen molar-refractivity contribution in [2.24, 2.45) is 0 Å². The fourth-order valence-corrected chi connectivity index (χ4v) is 2.02. The van der Waals surface area contributed by atoms with Gasteiger partial charge in [0.15, 0.2) is 0 Å². The van der Waals surface area contributed by atoms with Crippen LogP contribution in [0.2, 0.25) is 0 Å². The monoisotopic (exact) mass is 278 g/mol. The van der Waals surface area contributed by atoms with Gasteiger partial charge in [-0.15, -0.1) is 0 Å². The first kappa shape index (κ1) is 13.2. The second-order valence-electron chi connectivity index (χ2n) is 4.58. The van der Waals surface area contributed by atoms with Crippen LogP contribution in [0.4, 0.5) is 0 Å². The summed E-state index contributed by atoms with van der Waals surface area (Å²) in [6, 6.07) is 18.6. The van der Waals surface area contributed by atoms with E-state index in [1.165, 1.54) is 6.07 Å². The number of benzene rings is 2. The molecule has 0 amide bonds. The van der Waals surface area contributed by atoms with Gasteiger partial charge in [-0.25, -0.2) is 4.79 Å². The van der Waals surface area contributed by atoms with Gasteiger partial charge in [0.1, 0.15) is 17.9 Å². The van der Waals surface area contributed by atoms with Crippen LogP contribution in [0.5, 0.6) is 5.75 Å². The fraction of sp³-hybridized carbons (Fsp3) is 0.0556. The van der Waals surface area contributed by atoms with Crippen LogP contribution in [0.1, 0.15) is 5.56 Å². The molecule has 0 spiro atoms. The van der Waals surface area contributed by atoms with E-state index in [1.807, 2.05) is 54.6 Å². The third-order valence-corrected chi connectivity index (χ3v) is 3.05. The molecule has 1 heterocycles. The molecule has 3 rings (SSSR count). The SMILES string of the molecule is O=c1ccc2ccc(OCC=Cc3ccccc3)cc2o1. The van der Waals surface area contributed by atoms with E-state index in [1.54, 1.807) is 12.1 Å². The van der Waals surface area contributed by atoms with Crippen molar-refractivity contribution in [2.75, 3.05) is 6.61 Å². The Balaban J connectivity index is 1.68. The topological polar surface area (TPSA) is 39.4 Å². The van der Waals surface area contributed by atoms with E-state index in [-0.39, 0.29) is 5.63 Å². The van der Waals surface area contributed by atoms with Crippen molar-refractivity contribution in [3.63, 3.8) is 0 Å². The van der Waals surface area contributed by atoms with Gasteiger partial charge < -0.3 is 9.15 Å². The molecule has 0 saturated carbocycles. The Labute approximate surface area is 122 Å². The van der Waals surface area contributed by atoms with Crippen molar-refractivity contribution in [1.82, 2.24) is 0 Å². The molecule has 0 aliphatic heterocycles. The minimum atomic E-state index is -0.358. The van der Waals surface area contributed by atoms with Gasteiger partial charge in [-0.3, -0.25) is 0 Å². The van der Waals surface area contributed by atoms with E-state index in [0.717, 1.165) is 10.9 Å². The lowest BCUT2D eigenvalue weighted by atomic mass is 10.2. The van der Waals surface area contributed by atoms with Gasteiger partial charge >= 0.3 is 5.63 Å². The van der Waals surface area contributed by atoms with Gasteiger partial charge in [0.25, 0.3) is 0 Å². The fourth-order valence-electron chi connectivity index (χ4n) is 2.02. The lowest BCUT2D eigenvalue weighted by molar-refractivity contribution is 0.363. The van der Waals surface area contributed by atoms with Crippen LogP contribution >= 0.6 is 0 Å². The Morgan fingerprint density at radius 2 is 1.81 bits per heavy atom. The van der Waals surface area contributed by atoms with E-state index >= 15 is 0 Å². The first-order chi connectivity index (χ1) is 10.3. The van der Waals surface area contributed by atoms with Crippen LogP contribution in [-0.4, -0.2) is 6.61 Å². The average molecular weight is 278 g/mol. The van der Waals surface area contributed by atoms with Crippen LogP contribution in [0.15, 0.2) is 76.0 Å². The van der Waals surface area contributed by atoms with Gasteiger partial charge in [0, 0.05) is 17.5 Å². The normalized spacial score (nSPS) is 11.0. The summed E-state index contributed by atoms with van der Waals surface area (Å²) in [4.78, 5) is 11.2. The molecule has 0 aliphatic rings. The average Bonchev–Trinajstić information content (AvgIpc) is 2.52. The highest BCUT2D eigenvalue weighted by Gasteiger charge is 1.99. The lowest BCUT2D eigenvalue weighted by Crippen LogP contribution is -1.96. The molecule has 0 fully saturated rings. The third kappa shape index (κ3) is 3.39. The second kappa shape index (κ2) is 6.09. The molecule has 0 aliphatic carbocycles. The minimum absolute atomic E-state index is 0.358. The summed E-state index contributed by atoms with van der Waals surface area (Å²) in [5.74, 6) is 0.676. The molecular weight excluding hydrogens is 264 g/mol. The van der Waals surface area contributed by atoms with Gasteiger partial charge in [0.2, 0.25) is 0 Å². The molecule has 0 atom stereocenters. The third-order valence-electron chi connectivity index (χ3n) is 3.05. The van der Waals surface area contributed by atoms with Crippen molar-refractivity contribution >= 4 is 17.0 Å². The first-order valence-electron chi connectivity index (χ1n) is 6.69. The number of fused-ring (bicyclic) bond motifs is 1. The summed E-state index contributed by atoms with van der Waals surface area (Å²) in [5, 5.41) is 0.877. The predicted octanol–water partition coefficient (Wildman–Crippen LogP) is 3.89. The van der Waals surface area contributed by atoms with Gasteiger partial charge in [0.05, 0.1) is 0 Å². The standard InChI is InChI=1S/C18H14O3/c19-18-11-9-15-8-10-16(13-17(15)21-18)20-12-4-7-14-5-2-1-3-6-14/h1-11,13H,12H2. The zero-order valence-corrected chi connectivity index (χ0v) is 11.4. The lowest BCUT2D eigenvalue weighted by Gasteiger charge is -2.04. The maximum atomic E-state index is 11.2. The summed E-state index contributed by atoms with van der Waals surface area (Å²) in [7, 11) is 0. The van der Waals surface area contributed by atoms with Gasteiger partial charge in [-0.2, -0.15) is 0 Å². The maximum absolute atomic E-state index is 11.2. The van der Waals surface area contributed by atoms with Crippen LogP contribution in [0.25, 0.3) is 17.0 Å². The molecule has 2 aromatic carbocycles. The number of ether oxygens (including phenoxy) is 1. The molecule has 3 aromatic rings. The van der Waals surface area contributed by atoms with Crippen LogP contribution < -0.4 is 10.4 Å². The van der Waals surface area contributed by atoms with Crippen molar-refractivity contribution in [3.05, 3.63) is 82.7 Å². The smallest absolute Gasteiger partial charge is 0.336 e. The zero-order chi connectivity index (χ0) is 14.5. The Kier molecular flexibility index (Phi) is 3.83. The Morgan fingerprint density at radius 1 is 1.00 bits per heavy atom. The maximum Gasteiger partial charge on any atom is 0.336 e. The van der Waals surface area contributed by atoms with Crippen molar-refractivity contribution in [1.29, 1.82) is 0 Å². The van der Waals surface area contributed by atoms with E-state index < -0.39 is 0 Å². The van der Waals surface area contributed by atoms with Crippen LogP contribution in [0.3, 0.4) is 0 Å². The number of hydrogen-bond acceptors (Lipinski definition) is 3. The van der Waals surface area contributed by atoms with E-state index in [4.69, 9.17) is 9.15 Å². The highest BCUT2D eigenvalue weighted by atomic mass is 16.5. The molecule has 0 N–H and O–H groups in total. The summed E-state index contributed by atoms with van der Waals surface area (Å²) >= 11 is 0. The predicted molar refractivity (Wildman–Crippen MR) is 83.5 cm³/mol. The quantitative estimate of drug-likeness (QED) is 0.680. The highest BCUT2D eigenvalue weighted by Crippen LogP contribution is 2.19. The molecule has 3 heteroatoms. The molecule has 0 saturated heterocycles. The molecule has 0 radical (unpaired) electrons. The zero-order valence-electron chi connectivity index (χ0n) is 11.4. The van der Waals surface area contributed by atoms with Crippen molar-refractivity contribution < 1.29 is 9.15 Å². The largest absolute Gasteiger partial charge is 0.489 e. The Hall–Kier alpha value is -2.81. The van der Waals surface area contributed by atoms with Crippen LogP contribution in [0, 0.1) is 0 Å². The van der Waals surface area contributed by atoms with E-state index in [9.17, 15) is 4.79 Å². The van der Waals surface area contributed by atoms with Crippen molar-refractivity contribution in [2.45, 2.75) is 0 Å². The van der Waals surface area contributed by atoms with Gasteiger partial charge in [-0.05, 0) is 29.8 Å². The number of hydrogen-bond donors (Lipinski definition) is 0. The Bertz CT molecular complexity index is 816. The second-order valence-corrected chi connectivity index (χ2v) is 4.58. The summed E-state index contributed by atoms with van der Waals surface area (Å²) in [6.07, 6.45) is 3.95. The first-order valence-corrected chi connectivity index (χ1v) is 6.69. The molecule has 3 nitrogen and oxygen atoms in total. The van der Waals surface area contributed by atoms with Crippen LogP contribution in [-0.2, 0) is 0 Å². The molecule has 0 unspecified atom stereocenters. The summed E-state index contributed by atoms with van der Waals surface area (Å²) < 4.78 is 10.8. The van der Waals surface area contributed by atoms with Gasteiger partial charge in [-0.1, -0.05) is 36.4 Å². The molecular formula is C18H14O3.